The van der Waals surface area contributed by atoms with Gasteiger partial charge in [0.1, 0.15) is 0 Å². The highest BCUT2D eigenvalue weighted by molar-refractivity contribution is 5.75. The molecule has 0 atom stereocenters. The fourth-order valence-electron chi connectivity index (χ4n) is 1.31. The molecule has 0 spiro atoms. The molecule has 0 saturated carbocycles. The molecule has 0 amide bonds. The molecule has 1 N–H and O–H groups in total. The van der Waals surface area contributed by atoms with Gasteiger partial charge in [0.15, 0.2) is 5.54 Å². The van der Waals surface area contributed by atoms with E-state index in [2.05, 4.69) is 5.10 Å². The van der Waals surface area contributed by atoms with Crippen LogP contribution in [0.15, 0.2) is 12.3 Å². The summed E-state index contributed by atoms with van der Waals surface area (Å²) in [6.45, 7) is 7.33. The van der Waals surface area contributed by atoms with Crippen molar-refractivity contribution in [3.05, 3.63) is 18.0 Å². The molecule has 4 heteroatoms. The number of carbonyl (C=O) groups is 1. The average Bonchev–Trinajstić information content (AvgIpc) is 2.51. The van der Waals surface area contributed by atoms with E-state index in [0.717, 1.165) is 5.69 Å². The zero-order valence-corrected chi connectivity index (χ0v) is 8.98. The van der Waals surface area contributed by atoms with Gasteiger partial charge in [0.2, 0.25) is 0 Å². The molecule has 1 heterocycles. The molecule has 0 aliphatic rings. The summed E-state index contributed by atoms with van der Waals surface area (Å²) in [6.07, 6.45) is 1.64. The highest BCUT2D eigenvalue weighted by atomic mass is 16.4. The smallest absolute Gasteiger partial charge is 0.331 e. The Morgan fingerprint density at radius 3 is 2.57 bits per heavy atom. The van der Waals surface area contributed by atoms with Crippen molar-refractivity contribution in [1.82, 2.24) is 9.78 Å². The average molecular weight is 196 g/mol. The third kappa shape index (κ3) is 1.64. The Hall–Kier alpha value is -1.32. The quantitative estimate of drug-likeness (QED) is 0.802. The van der Waals surface area contributed by atoms with Crippen molar-refractivity contribution in [3.63, 3.8) is 0 Å². The summed E-state index contributed by atoms with van der Waals surface area (Å²) in [5.74, 6) is -0.598. The lowest BCUT2D eigenvalue weighted by atomic mass is 10.0. The molecule has 0 saturated heterocycles. The summed E-state index contributed by atoms with van der Waals surface area (Å²) in [5, 5.41) is 13.1. The zero-order chi connectivity index (χ0) is 10.9. The predicted octanol–water partition coefficient (Wildman–Crippen LogP) is 1.83. The Morgan fingerprint density at radius 1 is 1.57 bits per heavy atom. The minimum absolute atomic E-state index is 0.274. The first-order valence-corrected chi connectivity index (χ1v) is 4.65. The lowest BCUT2D eigenvalue weighted by Crippen LogP contribution is -2.37. The summed E-state index contributed by atoms with van der Waals surface area (Å²) >= 11 is 0. The van der Waals surface area contributed by atoms with Gasteiger partial charge in [0, 0.05) is 11.9 Å². The van der Waals surface area contributed by atoms with Gasteiger partial charge in [-0.1, -0.05) is 13.8 Å². The van der Waals surface area contributed by atoms with Crippen molar-refractivity contribution in [2.45, 2.75) is 39.2 Å². The molecule has 14 heavy (non-hydrogen) atoms. The first-order chi connectivity index (χ1) is 6.37. The summed E-state index contributed by atoms with van der Waals surface area (Å²) in [5.41, 5.74) is -0.0410. The van der Waals surface area contributed by atoms with E-state index in [1.54, 1.807) is 24.7 Å². The summed E-state index contributed by atoms with van der Waals surface area (Å²) in [7, 11) is 0. The maximum absolute atomic E-state index is 11.0. The summed E-state index contributed by atoms with van der Waals surface area (Å²) in [4.78, 5) is 11.0. The molecule has 1 aromatic heterocycles. The zero-order valence-electron chi connectivity index (χ0n) is 8.98. The first kappa shape index (κ1) is 10.8. The van der Waals surface area contributed by atoms with Gasteiger partial charge in [-0.25, -0.2) is 4.79 Å². The molecule has 1 aromatic rings. The van der Waals surface area contributed by atoms with Gasteiger partial charge in [-0.2, -0.15) is 5.10 Å². The van der Waals surface area contributed by atoms with Gasteiger partial charge in [-0.05, 0) is 25.8 Å². The van der Waals surface area contributed by atoms with Crippen LogP contribution >= 0.6 is 0 Å². The molecule has 0 aliphatic carbocycles. The van der Waals surface area contributed by atoms with Crippen LogP contribution in [0, 0.1) is 0 Å². The standard InChI is InChI=1S/C10H16N2O2/c1-7(2)8-5-6-11-12(8)10(3,4)9(13)14/h5-7H,1-4H3,(H,13,14). The summed E-state index contributed by atoms with van der Waals surface area (Å²) < 4.78 is 1.57. The van der Waals surface area contributed by atoms with Crippen molar-refractivity contribution in [2.24, 2.45) is 0 Å². The van der Waals surface area contributed by atoms with Gasteiger partial charge in [0.05, 0.1) is 0 Å². The van der Waals surface area contributed by atoms with Crippen LogP contribution < -0.4 is 0 Å². The SMILES string of the molecule is CC(C)c1ccnn1C(C)(C)C(=O)O. The Bertz CT molecular complexity index is 340. The molecular formula is C10H16N2O2. The van der Waals surface area contributed by atoms with Crippen LogP contribution in [0.4, 0.5) is 0 Å². The van der Waals surface area contributed by atoms with Crippen molar-refractivity contribution in [2.75, 3.05) is 0 Å². The number of nitrogens with zero attached hydrogens (tertiary/aromatic N) is 2. The largest absolute Gasteiger partial charge is 0.479 e. The van der Waals surface area contributed by atoms with E-state index in [1.807, 2.05) is 19.9 Å². The third-order valence-corrected chi connectivity index (χ3v) is 2.32. The molecule has 4 nitrogen and oxygen atoms in total. The third-order valence-electron chi connectivity index (χ3n) is 2.32. The highest BCUT2D eigenvalue weighted by Gasteiger charge is 2.32. The van der Waals surface area contributed by atoms with E-state index in [-0.39, 0.29) is 5.92 Å². The van der Waals surface area contributed by atoms with Crippen LogP contribution in [-0.2, 0) is 10.3 Å². The van der Waals surface area contributed by atoms with Gasteiger partial charge in [0.25, 0.3) is 0 Å². The van der Waals surface area contributed by atoms with E-state index in [9.17, 15) is 4.79 Å². The van der Waals surface area contributed by atoms with Gasteiger partial charge in [-0.15, -0.1) is 0 Å². The number of hydrogen-bond acceptors (Lipinski definition) is 2. The van der Waals surface area contributed by atoms with Crippen LogP contribution in [0.1, 0.15) is 39.3 Å². The molecule has 78 valence electrons. The van der Waals surface area contributed by atoms with E-state index < -0.39 is 11.5 Å². The van der Waals surface area contributed by atoms with Crippen molar-refractivity contribution in [3.8, 4) is 0 Å². The fourth-order valence-corrected chi connectivity index (χ4v) is 1.31. The van der Waals surface area contributed by atoms with Gasteiger partial charge >= 0.3 is 5.97 Å². The Balaban J connectivity index is 3.18. The molecule has 0 unspecified atom stereocenters. The Morgan fingerprint density at radius 2 is 2.14 bits per heavy atom. The number of rotatable bonds is 3. The van der Waals surface area contributed by atoms with Crippen LogP contribution in [0.2, 0.25) is 0 Å². The lowest BCUT2D eigenvalue weighted by Gasteiger charge is -2.23. The number of aliphatic carboxylic acids is 1. The second-order valence-electron chi connectivity index (χ2n) is 4.19. The van der Waals surface area contributed by atoms with Gasteiger partial charge in [-0.3, -0.25) is 4.68 Å². The number of hydrogen-bond donors (Lipinski definition) is 1. The second kappa shape index (κ2) is 3.44. The van der Waals surface area contributed by atoms with Gasteiger partial charge < -0.3 is 5.11 Å². The molecule has 1 rings (SSSR count). The van der Waals surface area contributed by atoms with Crippen molar-refractivity contribution >= 4 is 5.97 Å². The maximum atomic E-state index is 11.0. The molecule has 0 bridgehead atoms. The molecular weight excluding hydrogens is 180 g/mol. The van der Waals surface area contributed by atoms with Crippen molar-refractivity contribution < 1.29 is 9.90 Å². The van der Waals surface area contributed by atoms with Crippen molar-refractivity contribution in [1.29, 1.82) is 0 Å². The van der Waals surface area contributed by atoms with E-state index >= 15 is 0 Å². The van der Waals surface area contributed by atoms with Crippen LogP contribution in [0.25, 0.3) is 0 Å². The minimum atomic E-state index is -0.983. The molecule has 0 aliphatic heterocycles. The predicted molar refractivity (Wildman–Crippen MR) is 53.3 cm³/mol. The summed E-state index contributed by atoms with van der Waals surface area (Å²) in [6, 6.07) is 1.86. The molecule has 0 fully saturated rings. The van der Waals surface area contributed by atoms with E-state index in [1.165, 1.54) is 0 Å². The molecule has 0 aromatic carbocycles. The Labute approximate surface area is 83.5 Å². The first-order valence-electron chi connectivity index (χ1n) is 4.65. The normalized spacial score (nSPS) is 12.1. The number of carboxylic acids is 1. The monoisotopic (exact) mass is 196 g/mol. The van der Waals surface area contributed by atoms with E-state index in [4.69, 9.17) is 5.11 Å². The number of aromatic nitrogens is 2. The van der Waals surface area contributed by atoms with Crippen LogP contribution in [-0.4, -0.2) is 20.9 Å². The maximum Gasteiger partial charge on any atom is 0.331 e. The topological polar surface area (TPSA) is 55.1 Å². The number of carboxylic acid groups (broad SMARTS) is 1. The highest BCUT2D eigenvalue weighted by Crippen LogP contribution is 2.22. The Kier molecular flexibility index (Phi) is 2.64. The van der Waals surface area contributed by atoms with E-state index in [0.29, 0.717) is 0 Å². The molecule has 0 radical (unpaired) electrons. The second-order valence-corrected chi connectivity index (χ2v) is 4.19. The fraction of sp³-hybridized carbons (Fsp3) is 0.600. The minimum Gasteiger partial charge on any atom is -0.479 e. The van der Waals surface area contributed by atoms with Crippen LogP contribution in [0.5, 0.6) is 0 Å². The lowest BCUT2D eigenvalue weighted by molar-refractivity contribution is -0.146. The van der Waals surface area contributed by atoms with Crippen LogP contribution in [0.3, 0.4) is 0 Å².